The highest BCUT2D eigenvalue weighted by Crippen LogP contribution is 2.17. The van der Waals surface area contributed by atoms with Gasteiger partial charge in [-0.3, -0.25) is 0 Å². The van der Waals surface area contributed by atoms with Gasteiger partial charge in [0.1, 0.15) is 12.4 Å². The molecule has 5 nitrogen and oxygen atoms in total. The van der Waals surface area contributed by atoms with Crippen molar-refractivity contribution in [3.63, 3.8) is 0 Å². The van der Waals surface area contributed by atoms with Crippen molar-refractivity contribution in [3.05, 3.63) is 60.3 Å². The Hall–Kier alpha value is -2.56. The molecule has 0 unspecified atom stereocenters. The molecule has 1 saturated heterocycles. The predicted octanol–water partition coefficient (Wildman–Crippen LogP) is 2.20. The van der Waals surface area contributed by atoms with Gasteiger partial charge >= 0.3 is 6.09 Å². The number of nitrogens with zero attached hydrogens (tertiary/aromatic N) is 2. The van der Waals surface area contributed by atoms with Crippen LogP contribution in [0.25, 0.3) is 0 Å². The number of aromatic nitrogens is 1. The zero-order chi connectivity index (χ0) is 14.5. The van der Waals surface area contributed by atoms with Crippen molar-refractivity contribution in [2.45, 2.75) is 12.6 Å². The Balaban J connectivity index is 1.39. The minimum absolute atomic E-state index is 0.121. The number of carbonyl (C=O) groups is 1. The van der Waals surface area contributed by atoms with Crippen LogP contribution in [-0.2, 0) is 11.3 Å². The number of hydrogen-bond donors (Lipinski definition) is 1. The van der Waals surface area contributed by atoms with E-state index < -0.39 is 0 Å². The van der Waals surface area contributed by atoms with E-state index in [9.17, 15) is 4.79 Å². The summed E-state index contributed by atoms with van der Waals surface area (Å²) < 4.78 is 5.19. The first-order valence-corrected chi connectivity index (χ1v) is 6.94. The lowest BCUT2D eigenvalue weighted by Crippen LogP contribution is -2.59. The van der Waals surface area contributed by atoms with Gasteiger partial charge in [-0.2, -0.15) is 0 Å². The Bertz CT molecular complexity index is 583. The summed E-state index contributed by atoms with van der Waals surface area (Å²) in [6, 6.07) is 15.6. The Kier molecular flexibility index (Phi) is 4.00. The first-order valence-electron chi connectivity index (χ1n) is 6.94. The minimum atomic E-state index is -0.371. The molecule has 2 heterocycles. The lowest BCUT2D eigenvalue weighted by Gasteiger charge is -2.40. The topological polar surface area (TPSA) is 54.5 Å². The molecule has 0 atom stereocenters. The van der Waals surface area contributed by atoms with Gasteiger partial charge in [0.2, 0.25) is 0 Å². The van der Waals surface area contributed by atoms with Gasteiger partial charge in [0.15, 0.2) is 0 Å². The van der Waals surface area contributed by atoms with Crippen LogP contribution in [-0.4, -0.2) is 30.2 Å². The summed E-state index contributed by atoms with van der Waals surface area (Å²) in [5.74, 6) is 0.938. The SMILES string of the molecule is O=C(NC1CN(c2ccccn2)C1)OCc1ccccc1. The van der Waals surface area contributed by atoms with E-state index in [-0.39, 0.29) is 12.1 Å². The highest BCUT2D eigenvalue weighted by Gasteiger charge is 2.29. The number of benzene rings is 1. The third-order valence-corrected chi connectivity index (χ3v) is 3.39. The normalized spacial score (nSPS) is 14.4. The number of rotatable bonds is 4. The van der Waals surface area contributed by atoms with Crippen molar-refractivity contribution in [3.8, 4) is 0 Å². The van der Waals surface area contributed by atoms with Crippen LogP contribution in [0.2, 0.25) is 0 Å². The fraction of sp³-hybridized carbons (Fsp3) is 0.250. The van der Waals surface area contributed by atoms with Crippen molar-refractivity contribution in [2.24, 2.45) is 0 Å². The Morgan fingerprint density at radius 3 is 2.67 bits per heavy atom. The molecule has 3 rings (SSSR count). The average Bonchev–Trinajstić information content (AvgIpc) is 2.50. The van der Waals surface area contributed by atoms with E-state index in [0.717, 1.165) is 24.5 Å². The number of carbonyl (C=O) groups excluding carboxylic acids is 1. The number of nitrogens with one attached hydrogen (secondary N) is 1. The Labute approximate surface area is 123 Å². The van der Waals surface area contributed by atoms with Gasteiger partial charge in [0.05, 0.1) is 6.04 Å². The molecule has 0 aliphatic carbocycles. The number of hydrogen-bond acceptors (Lipinski definition) is 4. The minimum Gasteiger partial charge on any atom is -0.445 e. The van der Waals surface area contributed by atoms with E-state index in [1.165, 1.54) is 0 Å². The first-order chi connectivity index (χ1) is 10.3. The van der Waals surface area contributed by atoms with Crippen LogP contribution in [0.5, 0.6) is 0 Å². The molecule has 0 bridgehead atoms. The maximum atomic E-state index is 11.7. The molecule has 0 radical (unpaired) electrons. The molecule has 0 spiro atoms. The zero-order valence-corrected chi connectivity index (χ0v) is 11.6. The summed E-state index contributed by atoms with van der Waals surface area (Å²) in [5, 5.41) is 2.86. The van der Waals surface area contributed by atoms with Crippen LogP contribution >= 0.6 is 0 Å². The summed E-state index contributed by atoms with van der Waals surface area (Å²) in [7, 11) is 0. The van der Waals surface area contributed by atoms with E-state index in [0.29, 0.717) is 6.61 Å². The fourth-order valence-electron chi connectivity index (χ4n) is 2.23. The monoisotopic (exact) mass is 283 g/mol. The third-order valence-electron chi connectivity index (χ3n) is 3.39. The number of amides is 1. The molecule has 1 aromatic heterocycles. The average molecular weight is 283 g/mol. The second-order valence-corrected chi connectivity index (χ2v) is 5.00. The lowest BCUT2D eigenvalue weighted by atomic mass is 10.1. The zero-order valence-electron chi connectivity index (χ0n) is 11.6. The predicted molar refractivity (Wildman–Crippen MR) is 80.0 cm³/mol. The Morgan fingerprint density at radius 1 is 1.19 bits per heavy atom. The molecule has 5 heteroatoms. The molecule has 108 valence electrons. The fourth-order valence-corrected chi connectivity index (χ4v) is 2.23. The van der Waals surface area contributed by atoms with Crippen molar-refractivity contribution in [2.75, 3.05) is 18.0 Å². The number of alkyl carbamates (subject to hydrolysis) is 1. The van der Waals surface area contributed by atoms with Crippen LogP contribution in [0, 0.1) is 0 Å². The molecule has 0 saturated carbocycles. The summed E-state index contributed by atoms with van der Waals surface area (Å²) in [6.45, 7) is 1.82. The van der Waals surface area contributed by atoms with Gasteiger partial charge < -0.3 is 15.0 Å². The van der Waals surface area contributed by atoms with Crippen LogP contribution in [0.1, 0.15) is 5.56 Å². The smallest absolute Gasteiger partial charge is 0.407 e. The van der Waals surface area contributed by atoms with Crippen LogP contribution in [0.3, 0.4) is 0 Å². The van der Waals surface area contributed by atoms with Gasteiger partial charge in [-0.15, -0.1) is 0 Å². The maximum absolute atomic E-state index is 11.7. The van der Waals surface area contributed by atoms with E-state index in [1.54, 1.807) is 6.20 Å². The molecular formula is C16H17N3O2. The van der Waals surface area contributed by atoms with E-state index in [4.69, 9.17) is 4.74 Å². The second kappa shape index (κ2) is 6.26. The Morgan fingerprint density at radius 2 is 1.95 bits per heavy atom. The van der Waals surface area contributed by atoms with Crippen molar-refractivity contribution < 1.29 is 9.53 Å². The van der Waals surface area contributed by atoms with Crippen LogP contribution in [0.15, 0.2) is 54.7 Å². The summed E-state index contributed by atoms with van der Waals surface area (Å²) in [5.41, 5.74) is 0.983. The molecule has 21 heavy (non-hydrogen) atoms. The summed E-state index contributed by atoms with van der Waals surface area (Å²) in [6.07, 6.45) is 1.40. The van der Waals surface area contributed by atoms with Crippen LogP contribution in [0.4, 0.5) is 10.6 Å². The molecule has 1 amide bonds. The van der Waals surface area contributed by atoms with Gasteiger partial charge in [-0.1, -0.05) is 36.4 Å². The first kappa shape index (κ1) is 13.4. The molecule has 2 aromatic rings. The third kappa shape index (κ3) is 3.51. The van der Waals surface area contributed by atoms with Crippen molar-refractivity contribution >= 4 is 11.9 Å². The highest BCUT2D eigenvalue weighted by atomic mass is 16.5. The van der Waals surface area contributed by atoms with Gasteiger partial charge in [-0.25, -0.2) is 9.78 Å². The van der Waals surface area contributed by atoms with E-state index in [2.05, 4.69) is 15.2 Å². The quantitative estimate of drug-likeness (QED) is 0.934. The number of pyridine rings is 1. The second-order valence-electron chi connectivity index (χ2n) is 5.00. The lowest BCUT2D eigenvalue weighted by molar-refractivity contribution is 0.133. The summed E-state index contributed by atoms with van der Waals surface area (Å²) >= 11 is 0. The molecule has 1 aliphatic heterocycles. The van der Waals surface area contributed by atoms with Crippen molar-refractivity contribution in [1.82, 2.24) is 10.3 Å². The summed E-state index contributed by atoms with van der Waals surface area (Å²) in [4.78, 5) is 18.1. The molecule has 1 aromatic carbocycles. The largest absolute Gasteiger partial charge is 0.445 e. The standard InChI is InChI=1S/C16H17N3O2/c20-16(21-12-13-6-2-1-3-7-13)18-14-10-19(11-14)15-8-4-5-9-17-15/h1-9,14H,10-12H2,(H,18,20). The molecular weight excluding hydrogens is 266 g/mol. The van der Waals surface area contributed by atoms with Gasteiger partial charge in [-0.05, 0) is 17.7 Å². The number of ether oxygens (including phenoxy) is 1. The van der Waals surface area contributed by atoms with Crippen molar-refractivity contribution in [1.29, 1.82) is 0 Å². The molecule has 1 fully saturated rings. The van der Waals surface area contributed by atoms with Gasteiger partial charge in [0, 0.05) is 19.3 Å². The van der Waals surface area contributed by atoms with Crippen LogP contribution < -0.4 is 10.2 Å². The maximum Gasteiger partial charge on any atom is 0.407 e. The highest BCUT2D eigenvalue weighted by molar-refractivity contribution is 5.68. The van der Waals surface area contributed by atoms with Gasteiger partial charge in [0.25, 0.3) is 0 Å². The molecule has 1 aliphatic rings. The van der Waals surface area contributed by atoms with E-state index >= 15 is 0 Å². The van der Waals surface area contributed by atoms with E-state index in [1.807, 2.05) is 48.5 Å². The molecule has 1 N–H and O–H groups in total. The number of anilines is 1.